The first-order chi connectivity index (χ1) is 17.6. The van der Waals surface area contributed by atoms with E-state index in [1.165, 1.54) is 0 Å². The lowest BCUT2D eigenvalue weighted by atomic mass is 10.0. The van der Waals surface area contributed by atoms with Crippen LogP contribution in [0.5, 0.6) is 5.75 Å². The number of rotatable bonds is 6. The highest BCUT2D eigenvalue weighted by molar-refractivity contribution is 7.09. The molecule has 1 aliphatic heterocycles. The maximum Gasteiger partial charge on any atom is 0.257 e. The number of aliphatic hydroxyl groups is 1. The van der Waals surface area contributed by atoms with E-state index in [2.05, 4.69) is 25.2 Å². The second kappa shape index (κ2) is 9.85. The number of hydrogen-bond donors (Lipinski definition) is 1. The lowest BCUT2D eigenvalue weighted by Gasteiger charge is -2.34. The molecule has 5 rings (SSSR count). The van der Waals surface area contributed by atoms with Crippen molar-refractivity contribution in [2.75, 3.05) is 33.3 Å². The number of carbonyl (C=O) groups is 1. The Morgan fingerprint density at radius 3 is 2.59 bits per heavy atom. The van der Waals surface area contributed by atoms with Crippen LogP contribution in [-0.4, -0.2) is 73.6 Å². The van der Waals surface area contributed by atoms with Crippen LogP contribution in [0.25, 0.3) is 22.2 Å². The maximum atomic E-state index is 13.7. The normalized spacial score (nSPS) is 14.9. The number of nitrogens with zero attached hydrogens (tertiary/aromatic N) is 6. The molecule has 1 aliphatic rings. The summed E-state index contributed by atoms with van der Waals surface area (Å²) >= 11 is 1.67. The van der Waals surface area contributed by atoms with Crippen molar-refractivity contribution < 1.29 is 14.6 Å². The molecule has 1 aromatic carbocycles. The summed E-state index contributed by atoms with van der Waals surface area (Å²) in [7, 11) is 3.55. The highest BCUT2D eigenvalue weighted by Crippen LogP contribution is 2.35. The lowest BCUT2D eigenvalue weighted by molar-refractivity contribution is 0.0624. The molecule has 0 spiro atoms. The molecule has 0 radical (unpaired) electrons. The van der Waals surface area contributed by atoms with Gasteiger partial charge in [0.1, 0.15) is 11.4 Å². The van der Waals surface area contributed by atoms with Crippen molar-refractivity contribution in [3.8, 4) is 17.0 Å². The number of aromatic nitrogens is 4. The van der Waals surface area contributed by atoms with Crippen molar-refractivity contribution in [2.45, 2.75) is 32.9 Å². The number of ether oxygens (including phenoxy) is 1. The van der Waals surface area contributed by atoms with Crippen LogP contribution in [0.15, 0.2) is 36.0 Å². The minimum absolute atomic E-state index is 0.0439. The second-order valence-corrected chi connectivity index (χ2v) is 11.0. The molecule has 0 bridgehead atoms. The molecular weight excluding hydrogens is 488 g/mol. The van der Waals surface area contributed by atoms with Gasteiger partial charge in [0.2, 0.25) is 0 Å². The molecule has 0 atom stereocenters. The molecule has 4 aromatic rings. The van der Waals surface area contributed by atoms with E-state index >= 15 is 0 Å². The summed E-state index contributed by atoms with van der Waals surface area (Å²) in [5, 5.41) is 14.5. The summed E-state index contributed by atoms with van der Waals surface area (Å²) in [6, 6.07) is 5.63. The van der Waals surface area contributed by atoms with Gasteiger partial charge in [-0.25, -0.2) is 15.0 Å². The van der Waals surface area contributed by atoms with E-state index in [1.807, 2.05) is 47.8 Å². The van der Waals surface area contributed by atoms with Crippen molar-refractivity contribution in [3.05, 3.63) is 58.1 Å². The number of amides is 1. The van der Waals surface area contributed by atoms with E-state index in [-0.39, 0.29) is 5.91 Å². The Bertz CT molecular complexity index is 1450. The molecule has 3 aromatic heterocycles. The van der Waals surface area contributed by atoms with Gasteiger partial charge in [0.15, 0.2) is 5.82 Å². The van der Waals surface area contributed by atoms with Gasteiger partial charge in [-0.15, -0.1) is 11.3 Å². The van der Waals surface area contributed by atoms with Gasteiger partial charge < -0.3 is 19.3 Å². The van der Waals surface area contributed by atoms with Crippen LogP contribution < -0.4 is 4.74 Å². The average Bonchev–Trinajstić information content (AvgIpc) is 3.44. The Morgan fingerprint density at radius 1 is 1.19 bits per heavy atom. The van der Waals surface area contributed by atoms with Crippen molar-refractivity contribution in [2.24, 2.45) is 7.05 Å². The van der Waals surface area contributed by atoms with E-state index in [0.29, 0.717) is 35.9 Å². The Labute approximate surface area is 220 Å². The standard InChI is InChI=1S/C27H32N6O3S/c1-17-29-18(16-37-17)14-32-8-10-33(11-9-32)25(34)20-12-19-21(15-31(4)23(19)13-24(20)36-5)22-6-7-28-26(30-22)27(2,3)35/h6-7,12-13,15-16,35H,8-11,14H2,1-5H3. The Hall–Kier alpha value is -3.34. The molecule has 1 amide bonds. The molecule has 1 fully saturated rings. The number of benzene rings is 1. The van der Waals surface area contributed by atoms with Crippen LogP contribution in [0.1, 0.15) is 40.7 Å². The van der Waals surface area contributed by atoms with E-state index in [1.54, 1.807) is 38.5 Å². The molecule has 0 saturated carbocycles. The van der Waals surface area contributed by atoms with Gasteiger partial charge in [-0.05, 0) is 32.9 Å². The Kier molecular flexibility index (Phi) is 6.74. The number of aryl methyl sites for hydroxylation is 2. The largest absolute Gasteiger partial charge is 0.496 e. The highest BCUT2D eigenvalue weighted by atomic mass is 32.1. The highest BCUT2D eigenvalue weighted by Gasteiger charge is 2.27. The third kappa shape index (κ3) is 5.09. The Balaban J connectivity index is 1.43. The molecule has 10 heteroatoms. The molecule has 37 heavy (non-hydrogen) atoms. The molecular formula is C27H32N6O3S. The number of methoxy groups -OCH3 is 1. The van der Waals surface area contributed by atoms with Gasteiger partial charge in [0.05, 0.1) is 34.6 Å². The minimum Gasteiger partial charge on any atom is -0.496 e. The number of piperazine rings is 1. The third-order valence-electron chi connectivity index (χ3n) is 6.73. The van der Waals surface area contributed by atoms with Gasteiger partial charge in [-0.1, -0.05) is 0 Å². The van der Waals surface area contributed by atoms with Gasteiger partial charge >= 0.3 is 0 Å². The van der Waals surface area contributed by atoms with Crippen LogP contribution >= 0.6 is 11.3 Å². The van der Waals surface area contributed by atoms with E-state index in [4.69, 9.17) is 4.74 Å². The SMILES string of the molecule is COc1cc2c(cc1C(=O)N1CCN(Cc3csc(C)n3)CC1)c(-c1ccnc(C(C)(C)O)n1)cn2C. The molecule has 0 unspecified atom stereocenters. The van der Waals surface area contributed by atoms with Gasteiger partial charge in [0, 0.05) is 74.6 Å². The first-order valence-electron chi connectivity index (χ1n) is 12.3. The third-order valence-corrected chi connectivity index (χ3v) is 7.55. The fraction of sp³-hybridized carbons (Fsp3) is 0.407. The van der Waals surface area contributed by atoms with Crippen molar-refractivity contribution in [1.82, 2.24) is 29.3 Å². The molecule has 0 aliphatic carbocycles. The summed E-state index contributed by atoms with van der Waals surface area (Å²) in [4.78, 5) is 31.3. The maximum absolute atomic E-state index is 13.7. The van der Waals surface area contributed by atoms with Crippen molar-refractivity contribution >= 4 is 28.1 Å². The second-order valence-electron chi connectivity index (χ2n) is 9.97. The number of carbonyl (C=O) groups excluding carboxylic acids is 1. The fourth-order valence-corrected chi connectivity index (χ4v) is 5.35. The zero-order valence-electron chi connectivity index (χ0n) is 21.9. The molecule has 194 valence electrons. The predicted molar refractivity (Wildman–Crippen MR) is 144 cm³/mol. The summed E-state index contributed by atoms with van der Waals surface area (Å²) in [5.41, 5.74) is 2.94. The quantitative estimate of drug-likeness (QED) is 0.415. The van der Waals surface area contributed by atoms with Crippen LogP contribution in [0.4, 0.5) is 0 Å². The van der Waals surface area contributed by atoms with Gasteiger partial charge in [-0.3, -0.25) is 9.69 Å². The number of thiazole rings is 1. The molecule has 4 heterocycles. The average molecular weight is 521 g/mol. The van der Waals surface area contributed by atoms with E-state index in [9.17, 15) is 9.90 Å². The first-order valence-corrected chi connectivity index (χ1v) is 13.2. The van der Waals surface area contributed by atoms with Crippen LogP contribution in [0.3, 0.4) is 0 Å². The Morgan fingerprint density at radius 2 is 1.95 bits per heavy atom. The molecule has 9 nitrogen and oxygen atoms in total. The summed E-state index contributed by atoms with van der Waals surface area (Å²) < 4.78 is 7.66. The summed E-state index contributed by atoms with van der Waals surface area (Å²) in [6.45, 7) is 9.03. The van der Waals surface area contributed by atoms with Crippen molar-refractivity contribution in [1.29, 1.82) is 0 Å². The van der Waals surface area contributed by atoms with Crippen molar-refractivity contribution in [3.63, 3.8) is 0 Å². The molecule has 1 N–H and O–H groups in total. The summed E-state index contributed by atoms with van der Waals surface area (Å²) in [6.07, 6.45) is 3.63. The van der Waals surface area contributed by atoms with Gasteiger partial charge in [-0.2, -0.15) is 0 Å². The molecule has 1 saturated heterocycles. The van der Waals surface area contributed by atoms with E-state index < -0.39 is 5.60 Å². The topological polar surface area (TPSA) is 96.6 Å². The zero-order valence-corrected chi connectivity index (χ0v) is 22.7. The smallest absolute Gasteiger partial charge is 0.257 e. The van der Waals surface area contributed by atoms with Crippen LogP contribution in [0, 0.1) is 6.92 Å². The fourth-order valence-electron chi connectivity index (χ4n) is 4.74. The zero-order chi connectivity index (χ0) is 26.3. The lowest BCUT2D eigenvalue weighted by Crippen LogP contribution is -2.48. The monoisotopic (exact) mass is 520 g/mol. The van der Waals surface area contributed by atoms with E-state index in [0.717, 1.165) is 46.8 Å². The van der Waals surface area contributed by atoms with Gasteiger partial charge in [0.25, 0.3) is 5.91 Å². The number of hydrogen-bond acceptors (Lipinski definition) is 8. The van der Waals surface area contributed by atoms with Crippen LogP contribution in [-0.2, 0) is 19.2 Å². The number of fused-ring (bicyclic) bond motifs is 1. The summed E-state index contributed by atoms with van der Waals surface area (Å²) in [5.74, 6) is 0.848. The van der Waals surface area contributed by atoms with Crippen LogP contribution in [0.2, 0.25) is 0 Å². The minimum atomic E-state index is -1.16. The predicted octanol–water partition coefficient (Wildman–Crippen LogP) is 3.59. The first kappa shape index (κ1) is 25.3.